The average Bonchev–Trinajstić information content (AvgIpc) is 3.37. The summed E-state index contributed by atoms with van der Waals surface area (Å²) in [7, 11) is 1.90. The van der Waals surface area contributed by atoms with Gasteiger partial charge in [-0.25, -0.2) is 0 Å². The lowest BCUT2D eigenvalue weighted by molar-refractivity contribution is -0.0743. The molecule has 0 aromatic carbocycles. The van der Waals surface area contributed by atoms with E-state index in [1.54, 1.807) is 4.68 Å². The Bertz CT molecular complexity index is 794. The zero-order valence-corrected chi connectivity index (χ0v) is 16.8. The molecule has 8 heteroatoms. The van der Waals surface area contributed by atoms with Gasteiger partial charge in [-0.2, -0.15) is 10.2 Å². The molecule has 8 nitrogen and oxygen atoms in total. The SMILES string of the molecule is CCc1cc(C(=O)N2CCO[C@@H](CN3CCCCC3)[C@@H]2c2cnn(C)c2)n[nH]1. The van der Waals surface area contributed by atoms with Crippen LogP contribution in [0.2, 0.25) is 0 Å². The van der Waals surface area contributed by atoms with Crippen molar-refractivity contribution in [1.29, 1.82) is 0 Å². The number of hydrogen-bond donors (Lipinski definition) is 1. The molecule has 4 rings (SSSR count). The van der Waals surface area contributed by atoms with Crippen LogP contribution in [0.3, 0.4) is 0 Å². The minimum absolute atomic E-state index is 0.0447. The van der Waals surface area contributed by atoms with E-state index < -0.39 is 0 Å². The van der Waals surface area contributed by atoms with Crippen LogP contribution in [0.25, 0.3) is 0 Å². The fraction of sp³-hybridized carbons (Fsp3) is 0.650. The van der Waals surface area contributed by atoms with Gasteiger partial charge in [0.1, 0.15) is 5.69 Å². The number of hydrogen-bond acceptors (Lipinski definition) is 5. The van der Waals surface area contributed by atoms with Gasteiger partial charge in [0.25, 0.3) is 5.91 Å². The van der Waals surface area contributed by atoms with Gasteiger partial charge < -0.3 is 14.5 Å². The molecule has 2 aliphatic heterocycles. The summed E-state index contributed by atoms with van der Waals surface area (Å²) in [4.78, 5) is 17.7. The Balaban J connectivity index is 1.60. The Morgan fingerprint density at radius 1 is 1.29 bits per heavy atom. The standard InChI is InChI=1S/C20H30N6O2/c1-3-16-11-17(23-22-16)20(27)26-9-10-28-18(14-25-7-5-4-6-8-25)19(26)15-12-21-24(2)13-15/h11-13,18-19H,3-10,14H2,1-2H3,(H,22,23)/t18-,19-/m0/s1. The number of aromatic amines is 1. The Kier molecular flexibility index (Phi) is 5.77. The van der Waals surface area contributed by atoms with E-state index >= 15 is 0 Å². The van der Waals surface area contributed by atoms with Gasteiger partial charge in [-0.05, 0) is 38.4 Å². The third-order valence-electron chi connectivity index (χ3n) is 5.80. The number of piperidine rings is 1. The molecular weight excluding hydrogens is 356 g/mol. The molecule has 2 atom stereocenters. The highest BCUT2D eigenvalue weighted by Crippen LogP contribution is 2.31. The van der Waals surface area contributed by atoms with E-state index in [9.17, 15) is 4.79 Å². The first-order chi connectivity index (χ1) is 13.7. The number of carbonyl (C=O) groups is 1. The van der Waals surface area contributed by atoms with Gasteiger partial charge in [0.05, 0.1) is 24.9 Å². The molecule has 2 saturated heterocycles. The van der Waals surface area contributed by atoms with Crippen molar-refractivity contribution in [2.45, 2.75) is 44.8 Å². The molecule has 2 aromatic rings. The van der Waals surface area contributed by atoms with E-state index in [4.69, 9.17) is 4.74 Å². The molecule has 1 N–H and O–H groups in total. The number of aryl methyl sites for hydroxylation is 2. The molecule has 1 amide bonds. The van der Waals surface area contributed by atoms with Crippen molar-refractivity contribution in [3.63, 3.8) is 0 Å². The second kappa shape index (κ2) is 8.45. The number of rotatable bonds is 5. The molecule has 0 saturated carbocycles. The van der Waals surface area contributed by atoms with Crippen LogP contribution in [-0.2, 0) is 18.2 Å². The van der Waals surface area contributed by atoms with Gasteiger partial charge in [0, 0.05) is 37.6 Å². The zero-order valence-electron chi connectivity index (χ0n) is 16.8. The summed E-state index contributed by atoms with van der Waals surface area (Å²) in [6.45, 7) is 6.20. The number of ether oxygens (including phenoxy) is 1. The molecule has 28 heavy (non-hydrogen) atoms. The predicted octanol–water partition coefficient (Wildman–Crippen LogP) is 1.77. The summed E-state index contributed by atoms with van der Waals surface area (Å²) in [6.07, 6.45) is 8.38. The van der Waals surface area contributed by atoms with Gasteiger partial charge in [0.15, 0.2) is 0 Å². The van der Waals surface area contributed by atoms with Gasteiger partial charge in [-0.3, -0.25) is 14.6 Å². The fourth-order valence-electron chi connectivity index (χ4n) is 4.30. The van der Waals surface area contributed by atoms with Crippen molar-refractivity contribution >= 4 is 5.91 Å². The first-order valence-electron chi connectivity index (χ1n) is 10.3. The molecule has 2 fully saturated rings. The molecule has 0 spiro atoms. The maximum atomic E-state index is 13.3. The Labute approximate surface area is 165 Å². The maximum absolute atomic E-state index is 13.3. The average molecular weight is 386 g/mol. The van der Waals surface area contributed by atoms with E-state index in [1.165, 1.54) is 19.3 Å². The molecule has 2 aromatic heterocycles. The molecule has 0 aliphatic carbocycles. The molecule has 0 unspecified atom stereocenters. The van der Waals surface area contributed by atoms with Gasteiger partial charge in [-0.15, -0.1) is 0 Å². The number of amides is 1. The van der Waals surface area contributed by atoms with Crippen LogP contribution in [0.1, 0.15) is 54.0 Å². The van der Waals surface area contributed by atoms with Crippen LogP contribution in [0.15, 0.2) is 18.5 Å². The second-order valence-electron chi connectivity index (χ2n) is 7.79. The van der Waals surface area contributed by atoms with Crippen LogP contribution >= 0.6 is 0 Å². The van der Waals surface area contributed by atoms with E-state index in [0.29, 0.717) is 18.8 Å². The maximum Gasteiger partial charge on any atom is 0.275 e. The summed E-state index contributed by atoms with van der Waals surface area (Å²) in [5.41, 5.74) is 2.47. The Morgan fingerprint density at radius 2 is 2.11 bits per heavy atom. The summed E-state index contributed by atoms with van der Waals surface area (Å²) in [5.74, 6) is -0.0447. The summed E-state index contributed by atoms with van der Waals surface area (Å²) < 4.78 is 7.98. The number of carbonyl (C=O) groups excluding carboxylic acids is 1. The quantitative estimate of drug-likeness (QED) is 0.847. The minimum atomic E-state index is -0.154. The van der Waals surface area contributed by atoms with E-state index in [-0.39, 0.29) is 18.1 Å². The Morgan fingerprint density at radius 3 is 2.79 bits per heavy atom. The smallest absolute Gasteiger partial charge is 0.275 e. The molecule has 0 bridgehead atoms. The number of aromatic nitrogens is 4. The van der Waals surface area contributed by atoms with Crippen LogP contribution in [-0.4, -0.2) is 74.6 Å². The van der Waals surface area contributed by atoms with Crippen molar-refractivity contribution in [1.82, 2.24) is 29.8 Å². The van der Waals surface area contributed by atoms with Crippen molar-refractivity contribution in [3.05, 3.63) is 35.4 Å². The van der Waals surface area contributed by atoms with Gasteiger partial charge >= 0.3 is 0 Å². The second-order valence-corrected chi connectivity index (χ2v) is 7.79. The monoisotopic (exact) mass is 386 g/mol. The first-order valence-corrected chi connectivity index (χ1v) is 10.3. The Hall–Kier alpha value is -2.19. The number of nitrogens with zero attached hydrogens (tertiary/aromatic N) is 5. The highest BCUT2D eigenvalue weighted by Gasteiger charge is 2.39. The number of morpholine rings is 1. The molecule has 2 aliphatic rings. The van der Waals surface area contributed by atoms with Gasteiger partial charge in [-0.1, -0.05) is 13.3 Å². The normalized spacial score (nSPS) is 23.9. The van der Waals surface area contributed by atoms with Crippen molar-refractivity contribution in [2.75, 3.05) is 32.8 Å². The lowest BCUT2D eigenvalue weighted by Gasteiger charge is -2.42. The lowest BCUT2D eigenvalue weighted by atomic mass is 9.99. The predicted molar refractivity (Wildman–Crippen MR) is 105 cm³/mol. The third-order valence-corrected chi connectivity index (χ3v) is 5.80. The number of likely N-dealkylation sites (tertiary alicyclic amines) is 1. The largest absolute Gasteiger partial charge is 0.373 e. The summed E-state index contributed by atoms with van der Waals surface area (Å²) in [5, 5.41) is 11.6. The summed E-state index contributed by atoms with van der Waals surface area (Å²) >= 11 is 0. The number of nitrogens with one attached hydrogen (secondary N) is 1. The zero-order chi connectivity index (χ0) is 19.5. The molecule has 0 radical (unpaired) electrons. The van der Waals surface area contributed by atoms with Crippen molar-refractivity contribution in [3.8, 4) is 0 Å². The number of H-pyrrole nitrogens is 1. The summed E-state index contributed by atoms with van der Waals surface area (Å²) in [6, 6.07) is 1.70. The van der Waals surface area contributed by atoms with E-state index in [1.807, 2.05) is 37.3 Å². The first kappa shape index (κ1) is 19.1. The van der Waals surface area contributed by atoms with E-state index in [0.717, 1.165) is 37.3 Å². The van der Waals surface area contributed by atoms with Crippen LogP contribution in [0, 0.1) is 0 Å². The van der Waals surface area contributed by atoms with Gasteiger partial charge in [0.2, 0.25) is 0 Å². The van der Waals surface area contributed by atoms with Crippen LogP contribution in [0.4, 0.5) is 0 Å². The van der Waals surface area contributed by atoms with E-state index in [2.05, 4.69) is 20.2 Å². The highest BCUT2D eigenvalue weighted by molar-refractivity contribution is 5.92. The third kappa shape index (κ3) is 3.98. The highest BCUT2D eigenvalue weighted by atomic mass is 16.5. The fourth-order valence-corrected chi connectivity index (χ4v) is 4.30. The minimum Gasteiger partial charge on any atom is -0.373 e. The van der Waals surface area contributed by atoms with Crippen LogP contribution < -0.4 is 0 Å². The molecule has 152 valence electrons. The molecular formula is C20H30N6O2. The topological polar surface area (TPSA) is 79.3 Å². The van der Waals surface area contributed by atoms with Crippen molar-refractivity contribution < 1.29 is 9.53 Å². The molecule has 4 heterocycles. The van der Waals surface area contributed by atoms with Crippen LogP contribution in [0.5, 0.6) is 0 Å². The van der Waals surface area contributed by atoms with Crippen molar-refractivity contribution in [2.24, 2.45) is 7.05 Å². The lowest BCUT2D eigenvalue weighted by Crippen LogP contribution is -2.52.